The number of nitrogens with one attached hydrogen (secondary N) is 2. The molecule has 5 nitrogen and oxygen atoms in total. The van der Waals surface area contributed by atoms with Crippen molar-refractivity contribution >= 4 is 33.9 Å². The normalized spacial score (nSPS) is 10.6. The fraction of sp³-hybridized carbons (Fsp3) is 0.0455. The second-order valence-corrected chi connectivity index (χ2v) is 6.80. The smallest absolute Gasteiger partial charge is 0.280 e. The predicted molar refractivity (Wildman–Crippen MR) is 118 cm³/mol. The lowest BCUT2D eigenvalue weighted by atomic mass is 10.2. The maximum absolute atomic E-state index is 13.1. The van der Waals surface area contributed by atoms with Crippen molar-refractivity contribution in [2.45, 2.75) is 6.92 Å². The summed E-state index contributed by atoms with van der Waals surface area (Å²) in [5.74, 6) is 0.498. The summed E-state index contributed by atoms with van der Waals surface area (Å²) in [6.07, 6.45) is 0. The highest BCUT2D eigenvalue weighted by molar-refractivity contribution is 7.80. The molecule has 138 valence electrons. The Morgan fingerprint density at radius 3 is 2.36 bits per heavy atom. The monoisotopic (exact) mass is 386 g/mol. The Labute approximate surface area is 167 Å². The topological polar surface area (TPSA) is 58.9 Å². The van der Waals surface area contributed by atoms with Gasteiger partial charge in [0.2, 0.25) is 0 Å². The Hall–Kier alpha value is -3.51. The molecule has 6 heteroatoms. The molecule has 0 unspecified atom stereocenters. The first-order valence-corrected chi connectivity index (χ1v) is 9.24. The molecule has 3 aromatic carbocycles. The van der Waals surface area contributed by atoms with Crippen molar-refractivity contribution in [2.75, 3.05) is 10.7 Å². The van der Waals surface area contributed by atoms with Crippen molar-refractivity contribution in [3.05, 3.63) is 94.8 Å². The predicted octanol–water partition coefficient (Wildman–Crippen LogP) is 4.31. The van der Waals surface area contributed by atoms with Crippen LogP contribution in [0.2, 0.25) is 0 Å². The molecule has 1 heterocycles. The molecule has 2 N–H and O–H groups in total. The van der Waals surface area contributed by atoms with Gasteiger partial charge in [0.1, 0.15) is 0 Å². The molecule has 0 amide bonds. The summed E-state index contributed by atoms with van der Waals surface area (Å²) in [5, 5.41) is 3.93. The maximum atomic E-state index is 13.1. The zero-order valence-electron chi connectivity index (χ0n) is 15.2. The van der Waals surface area contributed by atoms with E-state index in [0.29, 0.717) is 21.8 Å². The van der Waals surface area contributed by atoms with Crippen molar-refractivity contribution in [3.8, 4) is 11.4 Å². The molecular weight excluding hydrogens is 368 g/mol. The van der Waals surface area contributed by atoms with Crippen LogP contribution >= 0.6 is 12.2 Å². The molecule has 4 rings (SSSR count). The Kier molecular flexibility index (Phi) is 4.87. The van der Waals surface area contributed by atoms with Crippen molar-refractivity contribution in [3.63, 3.8) is 0 Å². The summed E-state index contributed by atoms with van der Waals surface area (Å²) in [6, 6.07) is 24.7. The van der Waals surface area contributed by atoms with E-state index in [-0.39, 0.29) is 5.56 Å². The fourth-order valence-electron chi connectivity index (χ4n) is 2.91. The molecule has 0 aliphatic heterocycles. The van der Waals surface area contributed by atoms with E-state index in [1.807, 2.05) is 79.7 Å². The summed E-state index contributed by atoms with van der Waals surface area (Å²) < 4.78 is 1.39. The van der Waals surface area contributed by atoms with Crippen LogP contribution in [-0.2, 0) is 0 Å². The lowest BCUT2D eigenvalue weighted by Gasteiger charge is -2.17. The van der Waals surface area contributed by atoms with Crippen LogP contribution < -0.4 is 16.3 Å². The van der Waals surface area contributed by atoms with Crippen LogP contribution in [0.25, 0.3) is 22.3 Å². The summed E-state index contributed by atoms with van der Waals surface area (Å²) >= 11 is 5.43. The third kappa shape index (κ3) is 3.63. The maximum Gasteiger partial charge on any atom is 0.280 e. The Bertz CT molecular complexity index is 1200. The number of nitrogens with zero attached hydrogens (tertiary/aromatic N) is 2. The molecule has 0 aliphatic carbocycles. The lowest BCUT2D eigenvalue weighted by molar-refractivity contribution is 0.909. The largest absolute Gasteiger partial charge is 0.331 e. The zero-order valence-corrected chi connectivity index (χ0v) is 16.0. The van der Waals surface area contributed by atoms with E-state index in [4.69, 9.17) is 17.2 Å². The molecule has 0 spiro atoms. The van der Waals surface area contributed by atoms with Crippen LogP contribution in [0, 0.1) is 6.92 Å². The number of hydrogen-bond acceptors (Lipinski definition) is 3. The molecule has 0 aliphatic rings. The summed E-state index contributed by atoms with van der Waals surface area (Å²) in [4.78, 5) is 17.8. The van der Waals surface area contributed by atoms with E-state index in [1.54, 1.807) is 6.07 Å². The number of aryl methyl sites for hydroxylation is 1. The van der Waals surface area contributed by atoms with Crippen LogP contribution in [0.15, 0.2) is 83.7 Å². The Morgan fingerprint density at radius 1 is 0.929 bits per heavy atom. The second kappa shape index (κ2) is 7.62. The molecule has 0 bridgehead atoms. The highest BCUT2D eigenvalue weighted by Crippen LogP contribution is 2.18. The highest BCUT2D eigenvalue weighted by atomic mass is 32.1. The van der Waals surface area contributed by atoms with Gasteiger partial charge in [-0.2, -0.15) is 4.68 Å². The van der Waals surface area contributed by atoms with Crippen LogP contribution in [0.4, 0.5) is 5.69 Å². The van der Waals surface area contributed by atoms with Crippen molar-refractivity contribution in [1.82, 2.24) is 9.66 Å². The number of anilines is 1. The SMILES string of the molecule is Cc1ccc(NC(=S)Nn2c(-c3ccccc3)nc3ccccc3c2=O)cc1. The first kappa shape index (κ1) is 17.9. The van der Waals surface area contributed by atoms with Crippen molar-refractivity contribution < 1.29 is 0 Å². The third-order valence-electron chi connectivity index (χ3n) is 4.33. The van der Waals surface area contributed by atoms with Gasteiger partial charge in [-0.05, 0) is 43.4 Å². The minimum Gasteiger partial charge on any atom is -0.331 e. The number of hydrogen-bond donors (Lipinski definition) is 2. The number of para-hydroxylation sites is 1. The van der Waals surface area contributed by atoms with Gasteiger partial charge in [-0.3, -0.25) is 10.2 Å². The van der Waals surface area contributed by atoms with Crippen LogP contribution in [0.5, 0.6) is 0 Å². The second-order valence-electron chi connectivity index (χ2n) is 6.39. The number of fused-ring (bicyclic) bond motifs is 1. The van der Waals surface area contributed by atoms with Gasteiger partial charge in [0.05, 0.1) is 10.9 Å². The molecule has 28 heavy (non-hydrogen) atoms. The van der Waals surface area contributed by atoms with Gasteiger partial charge >= 0.3 is 0 Å². The molecule has 0 atom stereocenters. The average molecular weight is 386 g/mol. The van der Waals surface area contributed by atoms with Crippen LogP contribution in [0.1, 0.15) is 5.56 Å². The van der Waals surface area contributed by atoms with Crippen LogP contribution in [-0.4, -0.2) is 14.8 Å². The van der Waals surface area contributed by atoms with E-state index >= 15 is 0 Å². The van der Waals surface area contributed by atoms with Gasteiger partial charge < -0.3 is 5.32 Å². The first-order valence-electron chi connectivity index (χ1n) is 8.84. The Balaban J connectivity index is 1.76. The third-order valence-corrected chi connectivity index (χ3v) is 4.52. The lowest BCUT2D eigenvalue weighted by Crippen LogP contribution is -2.37. The fourth-order valence-corrected chi connectivity index (χ4v) is 3.12. The van der Waals surface area contributed by atoms with Gasteiger partial charge in [-0.25, -0.2) is 4.98 Å². The van der Waals surface area contributed by atoms with E-state index in [1.165, 1.54) is 4.68 Å². The minimum atomic E-state index is -0.211. The van der Waals surface area contributed by atoms with Crippen molar-refractivity contribution in [2.24, 2.45) is 0 Å². The average Bonchev–Trinajstić information content (AvgIpc) is 2.72. The molecule has 0 saturated carbocycles. The molecule has 1 aromatic heterocycles. The van der Waals surface area contributed by atoms with Crippen LogP contribution in [0.3, 0.4) is 0 Å². The van der Waals surface area contributed by atoms with Gasteiger partial charge in [0.25, 0.3) is 5.56 Å². The molecule has 0 saturated heterocycles. The van der Waals surface area contributed by atoms with Gasteiger partial charge in [-0.1, -0.05) is 60.2 Å². The van der Waals surface area contributed by atoms with E-state index in [0.717, 1.165) is 16.8 Å². The highest BCUT2D eigenvalue weighted by Gasteiger charge is 2.13. The number of aromatic nitrogens is 2. The summed E-state index contributed by atoms with van der Waals surface area (Å²) in [6.45, 7) is 2.02. The molecule has 4 aromatic rings. The number of thiocarbonyl (C=S) groups is 1. The number of benzene rings is 3. The quantitative estimate of drug-likeness (QED) is 0.514. The first-order chi connectivity index (χ1) is 13.6. The summed E-state index contributed by atoms with van der Waals surface area (Å²) in [7, 11) is 0. The van der Waals surface area contributed by atoms with Gasteiger partial charge in [-0.15, -0.1) is 0 Å². The van der Waals surface area contributed by atoms with E-state index in [2.05, 4.69) is 10.7 Å². The summed E-state index contributed by atoms with van der Waals surface area (Å²) in [5.41, 5.74) is 6.24. The molecule has 0 radical (unpaired) electrons. The van der Waals surface area contributed by atoms with Gasteiger partial charge in [0, 0.05) is 11.3 Å². The molecule has 0 fully saturated rings. The van der Waals surface area contributed by atoms with Crippen molar-refractivity contribution in [1.29, 1.82) is 0 Å². The van der Waals surface area contributed by atoms with E-state index < -0.39 is 0 Å². The minimum absolute atomic E-state index is 0.211. The standard InChI is InChI=1S/C22H18N4OS/c1-15-11-13-17(14-12-15)23-22(28)25-26-20(16-7-3-2-4-8-16)24-19-10-6-5-9-18(19)21(26)27/h2-14H,1H3,(H2,23,25,28). The molecular formula is C22H18N4OS. The number of rotatable bonds is 3. The zero-order chi connectivity index (χ0) is 19.5. The Morgan fingerprint density at radius 2 is 1.61 bits per heavy atom. The van der Waals surface area contributed by atoms with Gasteiger partial charge in [0.15, 0.2) is 10.9 Å². The van der Waals surface area contributed by atoms with E-state index in [9.17, 15) is 4.79 Å².